The van der Waals surface area contributed by atoms with Crippen molar-refractivity contribution in [1.82, 2.24) is 15.1 Å². The van der Waals surface area contributed by atoms with Gasteiger partial charge in [0.05, 0.1) is 6.04 Å². The maximum atomic E-state index is 13.4. The topological polar surface area (TPSA) is 69.7 Å². The molecule has 33 heavy (non-hydrogen) atoms. The van der Waals surface area contributed by atoms with Gasteiger partial charge in [-0.3, -0.25) is 14.5 Å². The molecule has 0 radical (unpaired) electrons. The maximum Gasteiger partial charge on any atom is 0.325 e. The number of benzene rings is 3. The molecule has 1 saturated heterocycles. The lowest BCUT2D eigenvalue weighted by Crippen LogP contribution is -2.45. The third kappa shape index (κ3) is 4.12. The number of hydrogen-bond donors (Lipinski definition) is 1. The second-order valence-corrected chi connectivity index (χ2v) is 8.17. The van der Waals surface area contributed by atoms with E-state index in [4.69, 9.17) is 0 Å². The molecule has 6 nitrogen and oxygen atoms in total. The van der Waals surface area contributed by atoms with Crippen LogP contribution in [0.2, 0.25) is 0 Å². The fourth-order valence-electron chi connectivity index (χ4n) is 4.43. The van der Waals surface area contributed by atoms with Gasteiger partial charge in [0.15, 0.2) is 0 Å². The molecule has 1 aliphatic heterocycles. The molecule has 0 bridgehead atoms. The molecule has 0 unspecified atom stereocenters. The molecule has 1 heterocycles. The van der Waals surface area contributed by atoms with Crippen LogP contribution >= 0.6 is 0 Å². The van der Waals surface area contributed by atoms with Crippen molar-refractivity contribution in [2.75, 3.05) is 13.6 Å². The first-order chi connectivity index (χ1) is 16.0. The van der Waals surface area contributed by atoms with Crippen LogP contribution in [0.4, 0.5) is 4.79 Å². The number of carbonyl (C=O) groups is 3. The van der Waals surface area contributed by atoms with Crippen molar-refractivity contribution in [3.8, 4) is 0 Å². The van der Waals surface area contributed by atoms with Crippen molar-refractivity contribution >= 4 is 17.8 Å². The molecule has 1 aliphatic rings. The van der Waals surface area contributed by atoms with Crippen LogP contribution in [0.15, 0.2) is 91.0 Å². The van der Waals surface area contributed by atoms with Gasteiger partial charge in [-0.05, 0) is 23.1 Å². The third-order valence-electron chi connectivity index (χ3n) is 6.28. The zero-order valence-corrected chi connectivity index (χ0v) is 18.8. The average molecular weight is 442 g/mol. The van der Waals surface area contributed by atoms with E-state index in [1.807, 2.05) is 97.9 Å². The monoisotopic (exact) mass is 441 g/mol. The summed E-state index contributed by atoms with van der Waals surface area (Å²) in [5.74, 6) is -0.727. The van der Waals surface area contributed by atoms with E-state index in [0.29, 0.717) is 12.0 Å². The third-order valence-corrected chi connectivity index (χ3v) is 6.28. The lowest BCUT2D eigenvalue weighted by Gasteiger charge is -2.30. The first-order valence-electron chi connectivity index (χ1n) is 11.0. The SMILES string of the molecule is CC[C@]1(c2ccccc2)NC(=O)N(CC(=O)N(C)C(c2ccccc2)c2ccccc2)C1=O. The first-order valence-corrected chi connectivity index (χ1v) is 11.0. The van der Waals surface area contributed by atoms with Gasteiger partial charge in [0.25, 0.3) is 5.91 Å². The summed E-state index contributed by atoms with van der Waals surface area (Å²) >= 11 is 0. The first kappa shape index (κ1) is 22.3. The standard InChI is InChI=1S/C27H27N3O3/c1-3-27(22-17-11-6-12-18-22)25(32)30(26(33)28-27)19-23(31)29(2)24(20-13-7-4-8-14-20)21-15-9-5-10-16-21/h4-18,24H,3,19H2,1-2H3,(H,28,33)/t27-/m1/s1. The minimum Gasteiger partial charge on any atom is -0.333 e. The van der Waals surface area contributed by atoms with Crippen LogP contribution < -0.4 is 5.32 Å². The van der Waals surface area contributed by atoms with Gasteiger partial charge in [-0.15, -0.1) is 0 Å². The molecule has 0 aromatic heterocycles. The molecule has 3 aromatic carbocycles. The van der Waals surface area contributed by atoms with Crippen LogP contribution in [0, 0.1) is 0 Å². The van der Waals surface area contributed by atoms with Gasteiger partial charge in [-0.25, -0.2) is 4.79 Å². The highest BCUT2D eigenvalue weighted by Gasteiger charge is 2.51. The van der Waals surface area contributed by atoms with E-state index in [0.717, 1.165) is 16.0 Å². The molecule has 0 saturated carbocycles. The fourth-order valence-corrected chi connectivity index (χ4v) is 4.43. The number of amides is 4. The largest absolute Gasteiger partial charge is 0.333 e. The van der Waals surface area contributed by atoms with Gasteiger partial charge in [0.1, 0.15) is 12.1 Å². The van der Waals surface area contributed by atoms with E-state index in [2.05, 4.69) is 5.32 Å². The fraction of sp³-hybridized carbons (Fsp3) is 0.222. The molecular formula is C27H27N3O3. The van der Waals surface area contributed by atoms with Crippen molar-refractivity contribution in [2.24, 2.45) is 0 Å². The van der Waals surface area contributed by atoms with Gasteiger partial charge < -0.3 is 10.2 Å². The second-order valence-electron chi connectivity index (χ2n) is 8.17. The van der Waals surface area contributed by atoms with Crippen molar-refractivity contribution in [3.63, 3.8) is 0 Å². The lowest BCUT2D eigenvalue weighted by atomic mass is 9.87. The Balaban J connectivity index is 1.60. The van der Waals surface area contributed by atoms with Crippen molar-refractivity contribution in [3.05, 3.63) is 108 Å². The highest BCUT2D eigenvalue weighted by Crippen LogP contribution is 2.33. The molecule has 168 valence electrons. The Hall–Kier alpha value is -3.93. The van der Waals surface area contributed by atoms with Crippen LogP contribution in [0.3, 0.4) is 0 Å². The molecule has 1 N–H and O–H groups in total. The Labute approximate surface area is 193 Å². The van der Waals surface area contributed by atoms with Gasteiger partial charge in [-0.1, -0.05) is 97.9 Å². The lowest BCUT2D eigenvalue weighted by molar-refractivity contribution is -0.139. The summed E-state index contributed by atoms with van der Waals surface area (Å²) in [7, 11) is 1.70. The van der Waals surface area contributed by atoms with Gasteiger partial charge in [0.2, 0.25) is 5.91 Å². The smallest absolute Gasteiger partial charge is 0.325 e. The summed E-state index contributed by atoms with van der Waals surface area (Å²) in [6.07, 6.45) is 0.388. The summed E-state index contributed by atoms with van der Waals surface area (Å²) in [6, 6.07) is 27.7. The summed E-state index contributed by atoms with van der Waals surface area (Å²) < 4.78 is 0. The molecule has 6 heteroatoms. The Morgan fingerprint density at radius 3 is 1.85 bits per heavy atom. The van der Waals surface area contributed by atoms with Crippen molar-refractivity contribution in [1.29, 1.82) is 0 Å². The van der Waals surface area contributed by atoms with E-state index < -0.39 is 17.5 Å². The predicted molar refractivity (Wildman–Crippen MR) is 126 cm³/mol. The molecule has 1 atom stereocenters. The highest BCUT2D eigenvalue weighted by atomic mass is 16.2. The Morgan fingerprint density at radius 1 is 0.879 bits per heavy atom. The minimum absolute atomic E-state index is 0.323. The van der Waals surface area contributed by atoms with Crippen molar-refractivity contribution in [2.45, 2.75) is 24.9 Å². The zero-order chi connectivity index (χ0) is 23.4. The van der Waals surface area contributed by atoms with Crippen LogP contribution in [0.1, 0.15) is 36.1 Å². The Kier molecular flexibility index (Phi) is 6.27. The number of likely N-dealkylation sites (N-methyl/N-ethyl adjacent to an activating group) is 1. The second kappa shape index (κ2) is 9.28. The van der Waals surface area contributed by atoms with E-state index in [-0.39, 0.29) is 18.5 Å². The zero-order valence-electron chi connectivity index (χ0n) is 18.8. The number of rotatable bonds is 7. The Morgan fingerprint density at radius 2 is 1.36 bits per heavy atom. The quantitative estimate of drug-likeness (QED) is 0.562. The molecule has 4 amide bonds. The van der Waals surface area contributed by atoms with Gasteiger partial charge in [0, 0.05) is 7.05 Å². The highest BCUT2D eigenvalue weighted by molar-refractivity contribution is 6.09. The molecular weight excluding hydrogens is 414 g/mol. The van der Waals surface area contributed by atoms with E-state index in [9.17, 15) is 14.4 Å². The molecule has 1 fully saturated rings. The number of nitrogens with zero attached hydrogens (tertiary/aromatic N) is 2. The van der Waals surface area contributed by atoms with Crippen LogP contribution in [0.5, 0.6) is 0 Å². The van der Waals surface area contributed by atoms with E-state index >= 15 is 0 Å². The average Bonchev–Trinajstić information content (AvgIpc) is 3.11. The van der Waals surface area contributed by atoms with Crippen LogP contribution in [-0.2, 0) is 15.1 Å². The van der Waals surface area contributed by atoms with E-state index in [1.165, 1.54) is 0 Å². The summed E-state index contributed by atoms with van der Waals surface area (Å²) in [5, 5.41) is 2.84. The molecule has 3 aromatic rings. The molecule has 4 rings (SSSR count). The minimum atomic E-state index is -1.16. The van der Waals surface area contributed by atoms with Crippen LogP contribution in [-0.4, -0.2) is 41.2 Å². The number of urea groups is 1. The predicted octanol–water partition coefficient (Wildman–Crippen LogP) is 4.09. The van der Waals surface area contributed by atoms with Crippen LogP contribution in [0.25, 0.3) is 0 Å². The summed E-state index contributed by atoms with van der Waals surface area (Å²) in [5.41, 5.74) is 1.45. The van der Waals surface area contributed by atoms with Gasteiger partial charge >= 0.3 is 6.03 Å². The molecule has 0 spiro atoms. The number of carbonyl (C=O) groups excluding carboxylic acids is 3. The van der Waals surface area contributed by atoms with Crippen molar-refractivity contribution < 1.29 is 14.4 Å². The molecule has 0 aliphatic carbocycles. The maximum absolute atomic E-state index is 13.4. The Bertz CT molecular complexity index is 1100. The van der Waals surface area contributed by atoms with Gasteiger partial charge in [-0.2, -0.15) is 0 Å². The number of imide groups is 1. The normalized spacial score (nSPS) is 17.8. The van der Waals surface area contributed by atoms with E-state index in [1.54, 1.807) is 11.9 Å². The summed E-state index contributed by atoms with van der Waals surface area (Å²) in [4.78, 5) is 42.2. The number of nitrogens with one attached hydrogen (secondary N) is 1. The summed E-state index contributed by atoms with van der Waals surface area (Å²) in [6.45, 7) is 1.52. The number of hydrogen-bond acceptors (Lipinski definition) is 3.